The first-order valence-electron chi connectivity index (χ1n) is 9.95. The zero-order valence-electron chi connectivity index (χ0n) is 16.5. The van der Waals surface area contributed by atoms with E-state index in [4.69, 9.17) is 18.9 Å². The highest BCUT2D eigenvalue weighted by atomic mass is 127. The van der Waals surface area contributed by atoms with Gasteiger partial charge in [-0.2, -0.15) is 0 Å². The molecule has 1 aromatic carbocycles. The quantitative estimate of drug-likeness (QED) is 0.163. The van der Waals surface area contributed by atoms with E-state index in [1.54, 1.807) is 7.11 Å². The summed E-state index contributed by atoms with van der Waals surface area (Å²) in [6.45, 7) is 2.74. The maximum absolute atomic E-state index is 11.5. The number of esters is 1. The van der Waals surface area contributed by atoms with Gasteiger partial charge in [0.25, 0.3) is 0 Å². The molecule has 3 rings (SSSR count). The maximum atomic E-state index is 11.5. The van der Waals surface area contributed by atoms with Crippen LogP contribution in [0.25, 0.3) is 0 Å². The zero-order chi connectivity index (χ0) is 19.9. The number of ether oxygens (including phenoxy) is 4. The SMILES string of the molecule is COc1ccc(CO[C@@H](C)CCC/C=C/[C@H]2C[C@@H](I)[C@@H]3OC(=O)C[C@@H]3O2)cc1. The fraction of sp³-hybridized carbons (Fsp3) is 0.591. The van der Waals surface area contributed by atoms with Gasteiger partial charge in [-0.3, -0.25) is 4.79 Å². The normalized spacial score (nSPS) is 28.2. The number of fused-ring (bicyclic) bond motifs is 1. The highest BCUT2D eigenvalue weighted by Gasteiger charge is 2.45. The number of halogens is 1. The van der Waals surface area contributed by atoms with E-state index in [1.165, 1.54) is 0 Å². The molecule has 28 heavy (non-hydrogen) atoms. The lowest BCUT2D eigenvalue weighted by atomic mass is 10.00. The van der Waals surface area contributed by atoms with Gasteiger partial charge in [-0.1, -0.05) is 46.9 Å². The number of alkyl halides is 1. The summed E-state index contributed by atoms with van der Waals surface area (Å²) >= 11 is 2.38. The monoisotopic (exact) mass is 500 g/mol. The average Bonchev–Trinajstić information content (AvgIpc) is 3.07. The molecule has 2 aliphatic rings. The lowest BCUT2D eigenvalue weighted by molar-refractivity contribution is -0.143. The summed E-state index contributed by atoms with van der Waals surface area (Å²) in [6.07, 6.45) is 8.89. The molecular formula is C22H29IO5. The smallest absolute Gasteiger partial charge is 0.308 e. The molecule has 2 fully saturated rings. The van der Waals surface area contributed by atoms with Crippen LogP contribution in [0.2, 0.25) is 0 Å². The summed E-state index contributed by atoms with van der Waals surface area (Å²) in [5, 5.41) is 0. The van der Waals surface area contributed by atoms with Crippen LogP contribution >= 0.6 is 22.6 Å². The molecule has 2 aliphatic heterocycles. The Bertz CT molecular complexity index is 659. The van der Waals surface area contributed by atoms with Crippen molar-refractivity contribution in [3.05, 3.63) is 42.0 Å². The number of benzene rings is 1. The molecule has 5 nitrogen and oxygen atoms in total. The predicted octanol–water partition coefficient (Wildman–Crippen LogP) is 4.60. The van der Waals surface area contributed by atoms with Crippen LogP contribution in [0.5, 0.6) is 5.75 Å². The van der Waals surface area contributed by atoms with Gasteiger partial charge in [0, 0.05) is 0 Å². The lowest BCUT2D eigenvalue weighted by Gasteiger charge is -2.33. The van der Waals surface area contributed by atoms with E-state index in [0.29, 0.717) is 17.0 Å². The molecule has 0 unspecified atom stereocenters. The minimum absolute atomic E-state index is 0.0681. The largest absolute Gasteiger partial charge is 0.497 e. The molecule has 0 radical (unpaired) electrons. The average molecular weight is 500 g/mol. The minimum atomic E-state index is -0.134. The van der Waals surface area contributed by atoms with Crippen molar-refractivity contribution in [1.82, 2.24) is 0 Å². The number of carbonyl (C=O) groups is 1. The third-order valence-electron chi connectivity index (χ3n) is 5.19. The van der Waals surface area contributed by atoms with Crippen LogP contribution in [-0.4, -0.2) is 41.4 Å². The van der Waals surface area contributed by atoms with E-state index < -0.39 is 0 Å². The second kappa shape index (κ2) is 10.6. The Morgan fingerprint density at radius 1 is 1.32 bits per heavy atom. The second-order valence-corrected chi connectivity index (χ2v) is 9.05. The first-order chi connectivity index (χ1) is 13.5. The lowest BCUT2D eigenvalue weighted by Crippen LogP contribution is -2.42. The molecule has 2 heterocycles. The van der Waals surface area contributed by atoms with Gasteiger partial charge >= 0.3 is 5.97 Å². The van der Waals surface area contributed by atoms with Crippen molar-refractivity contribution >= 4 is 28.6 Å². The van der Waals surface area contributed by atoms with Gasteiger partial charge in [-0.15, -0.1) is 0 Å². The summed E-state index contributed by atoms with van der Waals surface area (Å²) in [5.41, 5.74) is 1.16. The first-order valence-corrected chi connectivity index (χ1v) is 11.2. The molecule has 5 atom stereocenters. The van der Waals surface area contributed by atoms with Gasteiger partial charge in [0.1, 0.15) is 18.0 Å². The molecule has 1 aromatic rings. The number of hydrogen-bond donors (Lipinski definition) is 0. The standard InChI is InChI=1S/C22H29IO5/c1-15(26-14-16-8-10-17(25-2)11-9-16)6-4-3-5-7-18-12-19(23)22-20(27-18)13-21(24)28-22/h5,7-11,15,18-20,22H,3-4,6,12-14H2,1-2H3/b7-5+/t15-,18-,19+,20-,22-/m0/s1. The van der Waals surface area contributed by atoms with E-state index in [-0.39, 0.29) is 30.4 Å². The Morgan fingerprint density at radius 3 is 2.86 bits per heavy atom. The molecule has 0 N–H and O–H groups in total. The number of hydrogen-bond acceptors (Lipinski definition) is 5. The Morgan fingerprint density at radius 2 is 2.11 bits per heavy atom. The number of carbonyl (C=O) groups excluding carboxylic acids is 1. The molecule has 154 valence electrons. The molecule has 0 aromatic heterocycles. The van der Waals surface area contributed by atoms with Crippen LogP contribution in [0, 0.1) is 0 Å². The van der Waals surface area contributed by atoms with E-state index in [1.807, 2.05) is 24.3 Å². The summed E-state index contributed by atoms with van der Waals surface area (Å²) in [5.74, 6) is 0.729. The zero-order valence-corrected chi connectivity index (χ0v) is 18.7. The summed E-state index contributed by atoms with van der Waals surface area (Å²) in [6, 6.07) is 7.98. The van der Waals surface area contributed by atoms with E-state index in [2.05, 4.69) is 41.7 Å². The topological polar surface area (TPSA) is 54.0 Å². The van der Waals surface area contributed by atoms with Crippen molar-refractivity contribution in [2.45, 2.75) is 74.0 Å². The third kappa shape index (κ3) is 6.19. The van der Waals surface area contributed by atoms with Crippen LogP contribution in [0.1, 0.15) is 44.6 Å². The van der Waals surface area contributed by atoms with Crippen LogP contribution in [-0.2, 0) is 25.6 Å². The maximum Gasteiger partial charge on any atom is 0.308 e. The van der Waals surface area contributed by atoms with Crippen molar-refractivity contribution in [1.29, 1.82) is 0 Å². The fourth-order valence-electron chi connectivity index (χ4n) is 3.56. The Hall–Kier alpha value is -1.12. The van der Waals surface area contributed by atoms with Gasteiger partial charge in [-0.05, 0) is 50.3 Å². The van der Waals surface area contributed by atoms with Gasteiger partial charge in [0.2, 0.25) is 0 Å². The Kier molecular flexibility index (Phi) is 8.17. The highest BCUT2D eigenvalue weighted by molar-refractivity contribution is 14.1. The Labute approximate surface area is 180 Å². The van der Waals surface area contributed by atoms with Crippen molar-refractivity contribution in [3.63, 3.8) is 0 Å². The van der Waals surface area contributed by atoms with Crippen molar-refractivity contribution in [2.24, 2.45) is 0 Å². The molecule has 6 heteroatoms. The number of allylic oxidation sites excluding steroid dienone is 1. The predicted molar refractivity (Wildman–Crippen MR) is 116 cm³/mol. The second-order valence-electron chi connectivity index (χ2n) is 7.45. The molecule has 0 amide bonds. The van der Waals surface area contributed by atoms with Gasteiger partial charge in [-0.25, -0.2) is 0 Å². The number of unbranched alkanes of at least 4 members (excludes halogenated alkanes) is 1. The summed E-state index contributed by atoms with van der Waals surface area (Å²) in [7, 11) is 1.67. The molecule has 2 saturated heterocycles. The molecule has 0 bridgehead atoms. The van der Waals surface area contributed by atoms with Gasteiger partial charge in [0.05, 0.1) is 36.3 Å². The van der Waals surface area contributed by atoms with Crippen molar-refractivity contribution in [2.75, 3.05) is 7.11 Å². The van der Waals surface area contributed by atoms with Crippen LogP contribution < -0.4 is 4.74 Å². The third-order valence-corrected chi connectivity index (χ3v) is 6.41. The van der Waals surface area contributed by atoms with E-state index in [9.17, 15) is 4.79 Å². The summed E-state index contributed by atoms with van der Waals surface area (Å²) in [4.78, 5) is 11.5. The van der Waals surface area contributed by atoms with Crippen LogP contribution in [0.3, 0.4) is 0 Å². The van der Waals surface area contributed by atoms with Crippen molar-refractivity contribution in [3.8, 4) is 5.75 Å². The molecule has 0 saturated carbocycles. The van der Waals surface area contributed by atoms with E-state index in [0.717, 1.165) is 37.0 Å². The van der Waals surface area contributed by atoms with E-state index >= 15 is 0 Å². The number of rotatable bonds is 9. The van der Waals surface area contributed by atoms with Gasteiger partial charge < -0.3 is 18.9 Å². The fourth-order valence-corrected chi connectivity index (χ4v) is 4.67. The molecule has 0 aliphatic carbocycles. The highest BCUT2D eigenvalue weighted by Crippen LogP contribution is 2.34. The van der Waals surface area contributed by atoms with Crippen molar-refractivity contribution < 1.29 is 23.7 Å². The molecular weight excluding hydrogens is 471 g/mol. The van der Waals surface area contributed by atoms with Crippen LogP contribution in [0.15, 0.2) is 36.4 Å². The van der Waals surface area contributed by atoms with Gasteiger partial charge in [0.15, 0.2) is 0 Å². The Balaban J connectivity index is 1.31. The number of methoxy groups -OCH3 is 1. The first kappa shape index (κ1) is 21.6. The summed E-state index contributed by atoms with van der Waals surface area (Å²) < 4.78 is 22.8. The minimum Gasteiger partial charge on any atom is -0.497 e. The molecule has 0 spiro atoms. The van der Waals surface area contributed by atoms with Crippen LogP contribution in [0.4, 0.5) is 0 Å².